The van der Waals surface area contributed by atoms with Crippen LogP contribution < -0.4 is 27.7 Å². The Kier molecular flexibility index (Phi) is 5.23. The van der Waals surface area contributed by atoms with E-state index in [1.54, 1.807) is 0 Å². The highest BCUT2D eigenvalue weighted by Gasteiger charge is 2.01. The highest BCUT2D eigenvalue weighted by molar-refractivity contribution is 4.00. The monoisotopic (exact) mass is 154 g/mol. The fraction of sp³-hybridized carbons (Fsp3) is 1.00. The lowest BCUT2D eigenvalue weighted by Crippen LogP contribution is -3.55. The molecule has 0 saturated carbocycles. The largest absolute Gasteiger partial charge is 0.548 e. The standard InChI is InChI=1S/CH10N6O3/c2-6(1-5-9-3)7(8)10-4/h2,5-7H,1,3-4H2. The normalized spacial score (nSPS) is 16.8. The average molecular weight is 154 g/mol. The fourth-order valence-electron chi connectivity index (χ4n) is 0.257. The van der Waals surface area contributed by atoms with Gasteiger partial charge in [0, 0.05) is 0 Å². The van der Waals surface area contributed by atoms with Crippen LogP contribution in [0, 0.1) is 5.21 Å². The molecule has 10 heavy (non-hydrogen) atoms. The van der Waals surface area contributed by atoms with E-state index in [0.29, 0.717) is 0 Å². The molecule has 2 atom stereocenters. The van der Waals surface area contributed by atoms with Gasteiger partial charge in [0.25, 0.3) is 0 Å². The van der Waals surface area contributed by atoms with Gasteiger partial charge in [-0.25, -0.2) is 10.1 Å². The molecule has 0 spiro atoms. The van der Waals surface area contributed by atoms with Crippen molar-refractivity contribution < 1.29 is 20.3 Å². The van der Waals surface area contributed by atoms with Crippen molar-refractivity contribution in [3.8, 4) is 0 Å². The van der Waals surface area contributed by atoms with Gasteiger partial charge in [0.05, 0.1) is 0 Å². The lowest BCUT2D eigenvalue weighted by atomic mass is 11.2. The van der Waals surface area contributed by atoms with E-state index >= 15 is 0 Å². The van der Waals surface area contributed by atoms with Gasteiger partial charge in [0.1, 0.15) is 0 Å². The first kappa shape index (κ1) is 9.64. The molecule has 0 aliphatic rings. The SMILES string of the molecule is [NH-][NH+](CNON)[NH+]([O-])ON. The van der Waals surface area contributed by atoms with Crippen LogP contribution in [0.2, 0.25) is 0 Å². The molecule has 0 bridgehead atoms. The summed E-state index contributed by atoms with van der Waals surface area (Å²) in [7, 11) is 0. The van der Waals surface area contributed by atoms with Crippen molar-refractivity contribution in [2.75, 3.05) is 6.67 Å². The number of hydrogen-bond acceptors (Lipinski definition) is 6. The summed E-state index contributed by atoms with van der Waals surface area (Å²) < 4.78 is 0. The van der Waals surface area contributed by atoms with Crippen molar-refractivity contribution in [1.82, 2.24) is 5.48 Å². The summed E-state index contributed by atoms with van der Waals surface area (Å²) in [6.07, 6.45) is 0. The smallest absolute Gasteiger partial charge is 0.191 e. The second kappa shape index (κ2) is 5.43. The van der Waals surface area contributed by atoms with E-state index in [2.05, 4.69) is 27.2 Å². The molecule has 0 aromatic carbocycles. The van der Waals surface area contributed by atoms with Gasteiger partial charge < -0.3 is 11.0 Å². The van der Waals surface area contributed by atoms with Gasteiger partial charge >= 0.3 is 0 Å². The lowest BCUT2D eigenvalue weighted by molar-refractivity contribution is -1.54. The Morgan fingerprint density at radius 2 is 2.20 bits per heavy atom. The molecule has 0 saturated heterocycles. The van der Waals surface area contributed by atoms with Crippen molar-refractivity contribution >= 4 is 0 Å². The zero-order chi connectivity index (χ0) is 7.98. The average Bonchev–Trinajstić information content (AvgIpc) is 1.98. The minimum atomic E-state index is -0.926. The summed E-state index contributed by atoms with van der Waals surface area (Å²) >= 11 is 0. The zero-order valence-electron chi connectivity index (χ0n) is 5.09. The number of nitrogens with one attached hydrogen (secondary N) is 4. The van der Waals surface area contributed by atoms with Gasteiger partial charge in [-0.1, -0.05) is 10.3 Å². The number of hydrogen-bond donors (Lipinski definition) is 5. The quantitative estimate of drug-likeness (QED) is 0.199. The van der Waals surface area contributed by atoms with Crippen LogP contribution >= 0.6 is 0 Å². The Labute approximate surface area is 56.6 Å². The molecule has 0 aliphatic carbocycles. The van der Waals surface area contributed by atoms with Crippen LogP contribution in [0.25, 0.3) is 5.84 Å². The second-order valence-electron chi connectivity index (χ2n) is 1.32. The molecule has 8 N–H and O–H groups in total. The molecule has 9 heteroatoms. The summed E-state index contributed by atoms with van der Waals surface area (Å²) in [5.41, 5.74) is 2.06. The van der Waals surface area contributed by atoms with Crippen molar-refractivity contribution in [3.63, 3.8) is 0 Å². The Balaban J connectivity index is 3.31. The van der Waals surface area contributed by atoms with E-state index < -0.39 is 5.34 Å². The van der Waals surface area contributed by atoms with Crippen LogP contribution in [0.4, 0.5) is 0 Å². The lowest BCUT2D eigenvalue weighted by Gasteiger charge is -2.26. The summed E-state index contributed by atoms with van der Waals surface area (Å²) in [6.45, 7) is -0.146. The minimum Gasteiger partial charge on any atom is -0.548 e. The van der Waals surface area contributed by atoms with Gasteiger partial charge in [0.2, 0.25) is 0 Å². The molecular weight excluding hydrogens is 144 g/mol. The Hall–Kier alpha value is -0.360. The molecule has 2 unspecified atom stereocenters. The maximum Gasteiger partial charge on any atom is 0.191 e. The third kappa shape index (κ3) is 3.62. The van der Waals surface area contributed by atoms with Crippen molar-refractivity contribution in [3.05, 3.63) is 11.0 Å². The predicted molar refractivity (Wildman–Crippen MR) is 28.2 cm³/mol. The third-order valence-electron chi connectivity index (χ3n) is 0.686. The fourth-order valence-corrected chi connectivity index (χ4v) is 0.257. The summed E-state index contributed by atoms with van der Waals surface area (Å²) in [4.78, 5) is 7.58. The Morgan fingerprint density at radius 3 is 2.60 bits per heavy atom. The molecule has 0 aliphatic heterocycles. The van der Waals surface area contributed by atoms with Gasteiger partial charge in [-0.3, -0.25) is 0 Å². The van der Waals surface area contributed by atoms with Crippen LogP contribution in [0.3, 0.4) is 0 Å². The molecule has 62 valence electrons. The van der Waals surface area contributed by atoms with E-state index in [0.717, 1.165) is 0 Å². The minimum absolute atomic E-state index is 0.146. The number of nitrogens with two attached hydrogens (primary N) is 2. The molecule has 0 radical (unpaired) electrons. The first-order valence-corrected chi connectivity index (χ1v) is 2.29. The summed E-state index contributed by atoms with van der Waals surface area (Å²) in [6, 6.07) is 0. The maximum atomic E-state index is 10.3. The van der Waals surface area contributed by atoms with E-state index in [1.807, 2.05) is 0 Å². The topological polar surface area (TPSA) is 138 Å². The van der Waals surface area contributed by atoms with Crippen LogP contribution in [0.5, 0.6) is 0 Å². The Bertz CT molecular complexity index is 79.4. The van der Waals surface area contributed by atoms with Crippen LogP contribution in [-0.4, -0.2) is 6.67 Å². The van der Waals surface area contributed by atoms with E-state index in [1.165, 1.54) is 0 Å². The third-order valence-corrected chi connectivity index (χ3v) is 0.686. The predicted octanol–water partition coefficient (Wildman–Crippen LogP) is -4.71. The van der Waals surface area contributed by atoms with Gasteiger partial charge in [-0.2, -0.15) is 11.8 Å². The van der Waals surface area contributed by atoms with Crippen LogP contribution in [-0.2, 0) is 9.88 Å². The molecule has 0 amide bonds. The second-order valence-corrected chi connectivity index (χ2v) is 1.32. The molecule has 9 nitrogen and oxygen atoms in total. The van der Waals surface area contributed by atoms with E-state index in [9.17, 15) is 5.21 Å². The Morgan fingerprint density at radius 1 is 1.60 bits per heavy atom. The van der Waals surface area contributed by atoms with Gasteiger partial charge in [0.15, 0.2) is 6.67 Å². The highest BCUT2D eigenvalue weighted by Crippen LogP contribution is 1.35. The van der Waals surface area contributed by atoms with Crippen LogP contribution in [0.1, 0.15) is 0 Å². The molecule has 0 aromatic rings. The summed E-state index contributed by atoms with van der Waals surface area (Å²) in [5, 5.41) is 9.02. The zero-order valence-corrected chi connectivity index (χ0v) is 5.09. The van der Waals surface area contributed by atoms with E-state index in [4.69, 9.17) is 5.84 Å². The molecule has 0 rings (SSSR count). The first-order valence-electron chi connectivity index (χ1n) is 2.29. The number of hydroxylamine groups is 1. The molecular formula is CH10N6O3. The van der Waals surface area contributed by atoms with Gasteiger partial charge in [-0.05, 0) is 0 Å². The molecule has 0 heterocycles. The van der Waals surface area contributed by atoms with E-state index in [-0.39, 0.29) is 11.8 Å². The number of quaternary nitrogens is 2. The van der Waals surface area contributed by atoms with Crippen molar-refractivity contribution in [1.29, 1.82) is 0 Å². The molecule has 0 fully saturated rings. The molecule has 0 aromatic heterocycles. The highest BCUT2D eigenvalue weighted by atomic mass is 17.0. The van der Waals surface area contributed by atoms with Crippen molar-refractivity contribution in [2.24, 2.45) is 11.8 Å². The summed E-state index contributed by atoms with van der Waals surface area (Å²) in [5.74, 6) is 15.8. The van der Waals surface area contributed by atoms with Crippen LogP contribution in [0.15, 0.2) is 0 Å². The first-order chi connectivity index (χ1) is 4.72. The number of rotatable bonds is 5. The van der Waals surface area contributed by atoms with Gasteiger partial charge in [-0.15, -0.1) is 5.48 Å². The van der Waals surface area contributed by atoms with Crippen molar-refractivity contribution in [2.45, 2.75) is 0 Å². The maximum absolute atomic E-state index is 10.3.